The lowest BCUT2D eigenvalue weighted by molar-refractivity contribution is -0.112. The maximum absolute atomic E-state index is 12.4. The number of nitriles is 1. The molecule has 1 aromatic heterocycles. The first-order chi connectivity index (χ1) is 13.1. The van der Waals surface area contributed by atoms with Crippen molar-refractivity contribution in [1.29, 1.82) is 5.26 Å². The molecule has 0 aliphatic heterocycles. The Bertz CT molecular complexity index is 1070. The number of hydrogen-bond acceptors (Lipinski definition) is 5. The van der Waals surface area contributed by atoms with E-state index in [-0.39, 0.29) is 11.1 Å². The van der Waals surface area contributed by atoms with Crippen molar-refractivity contribution in [3.8, 4) is 17.3 Å². The van der Waals surface area contributed by atoms with Crippen molar-refractivity contribution in [2.24, 2.45) is 0 Å². The Hall–Kier alpha value is -3.76. The van der Waals surface area contributed by atoms with Gasteiger partial charge in [0.1, 0.15) is 11.6 Å². The molecule has 2 N–H and O–H groups in total. The van der Waals surface area contributed by atoms with E-state index in [1.54, 1.807) is 12.1 Å². The first-order valence-electron chi connectivity index (χ1n) is 7.84. The summed E-state index contributed by atoms with van der Waals surface area (Å²) < 4.78 is 0. The normalized spacial score (nSPS) is 10.9. The second kappa shape index (κ2) is 8.08. The summed E-state index contributed by atoms with van der Waals surface area (Å²) in [5, 5.41) is 23.1. The zero-order chi connectivity index (χ0) is 19.2. The highest BCUT2D eigenvalue weighted by Gasteiger charge is 2.13. The van der Waals surface area contributed by atoms with Crippen LogP contribution in [0, 0.1) is 11.3 Å². The van der Waals surface area contributed by atoms with Gasteiger partial charge in [0.2, 0.25) is 0 Å². The molecule has 132 valence electrons. The van der Waals surface area contributed by atoms with Gasteiger partial charge in [-0.05, 0) is 23.8 Å². The number of benzene rings is 2. The SMILES string of the molecule is N#C/C(=C\c1cccc(C(=O)O)c1)C(=O)Nc1nc(-c2ccccc2)cs1. The molecule has 0 aliphatic carbocycles. The highest BCUT2D eigenvalue weighted by atomic mass is 32.1. The predicted octanol–water partition coefficient (Wildman–Crippen LogP) is 4.05. The lowest BCUT2D eigenvalue weighted by Gasteiger charge is -2.01. The molecule has 27 heavy (non-hydrogen) atoms. The summed E-state index contributed by atoms with van der Waals surface area (Å²) in [5.41, 5.74) is 2.04. The number of nitrogens with zero attached hydrogens (tertiary/aromatic N) is 2. The monoisotopic (exact) mass is 375 g/mol. The largest absolute Gasteiger partial charge is 0.478 e. The molecular formula is C20H13N3O3S. The average molecular weight is 375 g/mol. The van der Waals surface area contributed by atoms with E-state index in [2.05, 4.69) is 10.3 Å². The Kier molecular flexibility index (Phi) is 5.40. The molecule has 1 amide bonds. The van der Waals surface area contributed by atoms with Gasteiger partial charge in [-0.2, -0.15) is 5.26 Å². The van der Waals surface area contributed by atoms with Crippen LogP contribution in [0.25, 0.3) is 17.3 Å². The first-order valence-corrected chi connectivity index (χ1v) is 8.72. The predicted molar refractivity (Wildman–Crippen MR) is 103 cm³/mol. The molecule has 0 unspecified atom stereocenters. The molecule has 0 saturated carbocycles. The third-order valence-electron chi connectivity index (χ3n) is 3.60. The first kappa shape index (κ1) is 18.0. The summed E-state index contributed by atoms with van der Waals surface area (Å²) in [6, 6.07) is 17.4. The molecule has 0 fully saturated rings. The van der Waals surface area contributed by atoms with Gasteiger partial charge in [-0.25, -0.2) is 9.78 Å². The minimum absolute atomic E-state index is 0.0777. The minimum atomic E-state index is -1.08. The molecule has 6 nitrogen and oxygen atoms in total. The number of hydrogen-bond donors (Lipinski definition) is 2. The summed E-state index contributed by atoms with van der Waals surface area (Å²) in [5.74, 6) is -1.68. The van der Waals surface area contributed by atoms with Gasteiger partial charge in [-0.3, -0.25) is 10.1 Å². The number of rotatable bonds is 5. The van der Waals surface area contributed by atoms with Crippen molar-refractivity contribution < 1.29 is 14.7 Å². The van der Waals surface area contributed by atoms with E-state index < -0.39 is 11.9 Å². The number of carbonyl (C=O) groups excluding carboxylic acids is 1. The van der Waals surface area contributed by atoms with Crippen molar-refractivity contribution >= 4 is 34.4 Å². The molecule has 2 aromatic carbocycles. The lowest BCUT2D eigenvalue weighted by Crippen LogP contribution is -2.13. The van der Waals surface area contributed by atoms with Crippen LogP contribution in [0.4, 0.5) is 5.13 Å². The standard InChI is InChI=1S/C20H13N3O3S/c21-11-16(10-13-5-4-8-15(9-13)19(25)26)18(24)23-20-22-17(12-27-20)14-6-2-1-3-7-14/h1-10,12H,(H,25,26)(H,22,23,24)/b16-10+. The van der Waals surface area contributed by atoms with Gasteiger partial charge in [0.25, 0.3) is 5.91 Å². The van der Waals surface area contributed by atoms with Gasteiger partial charge in [0, 0.05) is 10.9 Å². The summed E-state index contributed by atoms with van der Waals surface area (Å²) in [4.78, 5) is 27.7. The highest BCUT2D eigenvalue weighted by Crippen LogP contribution is 2.25. The van der Waals surface area contributed by atoms with Crippen LogP contribution in [0.1, 0.15) is 15.9 Å². The number of aromatic carboxylic acids is 1. The quantitative estimate of drug-likeness (QED) is 0.517. The Morgan fingerprint density at radius 3 is 2.63 bits per heavy atom. The van der Waals surface area contributed by atoms with Crippen molar-refractivity contribution in [3.05, 3.63) is 76.7 Å². The smallest absolute Gasteiger partial charge is 0.335 e. The summed E-state index contributed by atoms with van der Waals surface area (Å²) in [7, 11) is 0. The number of thiazole rings is 1. The van der Waals surface area contributed by atoms with Crippen molar-refractivity contribution in [2.75, 3.05) is 5.32 Å². The number of aromatic nitrogens is 1. The Labute approximate surface area is 159 Å². The van der Waals surface area contributed by atoms with Crippen LogP contribution in [0.3, 0.4) is 0 Å². The third kappa shape index (κ3) is 4.45. The van der Waals surface area contributed by atoms with E-state index in [9.17, 15) is 14.9 Å². The topological polar surface area (TPSA) is 103 Å². The van der Waals surface area contributed by atoms with Crippen LogP contribution in [-0.4, -0.2) is 22.0 Å². The van der Waals surface area contributed by atoms with Gasteiger partial charge in [0.05, 0.1) is 11.3 Å². The van der Waals surface area contributed by atoms with Crippen molar-refractivity contribution in [2.45, 2.75) is 0 Å². The second-order valence-electron chi connectivity index (χ2n) is 5.46. The number of carbonyl (C=O) groups is 2. The van der Waals surface area contributed by atoms with E-state index in [0.717, 1.165) is 11.3 Å². The second-order valence-corrected chi connectivity index (χ2v) is 6.32. The van der Waals surface area contributed by atoms with Gasteiger partial charge in [-0.1, -0.05) is 42.5 Å². The zero-order valence-corrected chi connectivity index (χ0v) is 14.7. The van der Waals surface area contributed by atoms with Crippen LogP contribution in [0.5, 0.6) is 0 Å². The van der Waals surface area contributed by atoms with Gasteiger partial charge < -0.3 is 5.11 Å². The third-order valence-corrected chi connectivity index (χ3v) is 4.36. The number of carboxylic acids is 1. The van der Waals surface area contributed by atoms with E-state index in [4.69, 9.17) is 5.11 Å². The average Bonchev–Trinajstić information content (AvgIpc) is 3.15. The summed E-state index contributed by atoms with van der Waals surface area (Å²) in [6.45, 7) is 0. The van der Waals surface area contributed by atoms with E-state index in [1.807, 2.05) is 41.8 Å². The fourth-order valence-electron chi connectivity index (χ4n) is 2.31. The lowest BCUT2D eigenvalue weighted by atomic mass is 10.1. The van der Waals surface area contributed by atoms with E-state index >= 15 is 0 Å². The fraction of sp³-hybridized carbons (Fsp3) is 0. The fourth-order valence-corrected chi connectivity index (χ4v) is 3.03. The van der Waals surface area contributed by atoms with Gasteiger partial charge >= 0.3 is 5.97 Å². The molecule has 0 radical (unpaired) electrons. The molecule has 3 aromatic rings. The van der Waals surface area contributed by atoms with Crippen LogP contribution in [0.15, 0.2) is 65.6 Å². The molecular weight excluding hydrogens is 362 g/mol. The molecule has 3 rings (SSSR count). The molecule has 0 saturated heterocycles. The number of amides is 1. The van der Waals surface area contributed by atoms with Gasteiger partial charge in [0.15, 0.2) is 5.13 Å². The maximum Gasteiger partial charge on any atom is 0.335 e. The Morgan fingerprint density at radius 2 is 1.93 bits per heavy atom. The molecule has 0 atom stereocenters. The summed E-state index contributed by atoms with van der Waals surface area (Å²) >= 11 is 1.26. The molecule has 7 heteroatoms. The van der Waals surface area contributed by atoms with Crippen molar-refractivity contribution in [1.82, 2.24) is 4.98 Å². The van der Waals surface area contributed by atoms with E-state index in [1.165, 1.54) is 29.5 Å². The van der Waals surface area contributed by atoms with E-state index in [0.29, 0.717) is 10.7 Å². The molecule has 0 spiro atoms. The van der Waals surface area contributed by atoms with Crippen LogP contribution in [-0.2, 0) is 4.79 Å². The maximum atomic E-state index is 12.4. The molecule has 0 aliphatic rings. The van der Waals surface area contributed by atoms with Crippen LogP contribution < -0.4 is 5.32 Å². The van der Waals surface area contributed by atoms with Crippen LogP contribution >= 0.6 is 11.3 Å². The summed E-state index contributed by atoms with van der Waals surface area (Å²) in [6.07, 6.45) is 1.34. The molecule has 0 bridgehead atoms. The molecule has 1 heterocycles. The number of carboxylic acid groups (broad SMARTS) is 1. The zero-order valence-electron chi connectivity index (χ0n) is 13.9. The minimum Gasteiger partial charge on any atom is -0.478 e. The van der Waals surface area contributed by atoms with Crippen molar-refractivity contribution in [3.63, 3.8) is 0 Å². The highest BCUT2D eigenvalue weighted by molar-refractivity contribution is 7.14. The number of anilines is 1. The Balaban J connectivity index is 1.78. The van der Waals surface area contributed by atoms with Crippen LogP contribution in [0.2, 0.25) is 0 Å². The number of nitrogens with one attached hydrogen (secondary N) is 1. The van der Waals surface area contributed by atoms with Gasteiger partial charge in [-0.15, -0.1) is 11.3 Å². The Morgan fingerprint density at radius 1 is 1.15 bits per heavy atom.